The Hall–Kier alpha value is -3.16. The van der Waals surface area contributed by atoms with Crippen LogP contribution >= 0.6 is 0 Å². The quantitative estimate of drug-likeness (QED) is 0.653. The molecule has 0 aliphatic rings. The standard InChI is InChI=1S/C19H23N5O3/c1-13(9-14-5-7-15(27-4)8-6-14)22(2)17(25)11-24-12-20-18-16(19(24)26)10-21-23(18)3/h5-8,10,12-13H,9,11H2,1-4H3/t13-/m1/s1. The number of aryl methyl sites for hydroxylation is 1. The molecule has 0 fully saturated rings. The van der Waals surface area contributed by atoms with Gasteiger partial charge < -0.3 is 9.64 Å². The van der Waals surface area contributed by atoms with Gasteiger partial charge in [0.25, 0.3) is 5.56 Å². The molecule has 142 valence electrons. The molecular formula is C19H23N5O3. The highest BCUT2D eigenvalue weighted by Gasteiger charge is 2.18. The maximum absolute atomic E-state index is 12.6. The molecule has 27 heavy (non-hydrogen) atoms. The Morgan fingerprint density at radius 1 is 1.30 bits per heavy atom. The van der Waals surface area contributed by atoms with Gasteiger partial charge in [0, 0.05) is 20.1 Å². The molecule has 2 aromatic heterocycles. The zero-order chi connectivity index (χ0) is 19.6. The Balaban J connectivity index is 1.69. The molecule has 1 atom stereocenters. The molecule has 1 aromatic carbocycles. The van der Waals surface area contributed by atoms with Gasteiger partial charge in [-0.3, -0.25) is 18.8 Å². The fourth-order valence-electron chi connectivity index (χ4n) is 2.92. The van der Waals surface area contributed by atoms with Crippen molar-refractivity contribution in [3.05, 3.63) is 52.7 Å². The van der Waals surface area contributed by atoms with Crippen molar-refractivity contribution in [2.24, 2.45) is 7.05 Å². The van der Waals surface area contributed by atoms with Crippen LogP contribution in [-0.4, -0.2) is 50.3 Å². The molecule has 0 radical (unpaired) electrons. The summed E-state index contributed by atoms with van der Waals surface area (Å²) in [5, 5.41) is 4.44. The smallest absolute Gasteiger partial charge is 0.264 e. The summed E-state index contributed by atoms with van der Waals surface area (Å²) in [7, 11) is 5.10. The number of hydrogen-bond donors (Lipinski definition) is 0. The van der Waals surface area contributed by atoms with Crippen molar-refractivity contribution in [2.75, 3.05) is 14.2 Å². The first kappa shape index (κ1) is 18.6. The van der Waals surface area contributed by atoms with Crippen LogP contribution in [0.1, 0.15) is 12.5 Å². The molecule has 0 N–H and O–H groups in total. The van der Waals surface area contributed by atoms with Crippen molar-refractivity contribution >= 4 is 16.9 Å². The molecule has 8 heteroatoms. The number of methoxy groups -OCH3 is 1. The molecular weight excluding hydrogens is 346 g/mol. The Bertz CT molecular complexity index is 1010. The number of carbonyl (C=O) groups excluding carboxylic acids is 1. The number of amides is 1. The molecule has 0 unspecified atom stereocenters. The van der Waals surface area contributed by atoms with E-state index in [0.717, 1.165) is 11.3 Å². The average molecular weight is 369 g/mol. The Kier molecular flexibility index (Phi) is 5.25. The van der Waals surface area contributed by atoms with Gasteiger partial charge in [0.2, 0.25) is 5.91 Å². The zero-order valence-electron chi connectivity index (χ0n) is 15.9. The minimum Gasteiger partial charge on any atom is -0.497 e. The van der Waals surface area contributed by atoms with E-state index in [9.17, 15) is 9.59 Å². The molecule has 0 saturated heterocycles. The number of ether oxygens (including phenoxy) is 1. The molecule has 0 bridgehead atoms. The summed E-state index contributed by atoms with van der Waals surface area (Å²) in [4.78, 5) is 31.0. The maximum Gasteiger partial charge on any atom is 0.264 e. The normalized spacial score (nSPS) is 12.1. The predicted octanol–water partition coefficient (Wildman–Crippen LogP) is 1.23. The molecule has 0 aliphatic carbocycles. The SMILES string of the molecule is COc1ccc(C[C@@H](C)N(C)C(=O)Cn2cnc3c(cnn3C)c2=O)cc1. The third kappa shape index (κ3) is 3.84. The van der Waals surface area contributed by atoms with Crippen molar-refractivity contribution in [2.45, 2.75) is 25.9 Å². The number of fused-ring (bicyclic) bond motifs is 1. The van der Waals surface area contributed by atoms with Crippen molar-refractivity contribution in [1.29, 1.82) is 0 Å². The Labute approximate surface area is 157 Å². The van der Waals surface area contributed by atoms with E-state index in [0.29, 0.717) is 17.5 Å². The number of carbonyl (C=O) groups is 1. The highest BCUT2D eigenvalue weighted by atomic mass is 16.5. The van der Waals surface area contributed by atoms with Crippen molar-refractivity contribution in [3.8, 4) is 5.75 Å². The van der Waals surface area contributed by atoms with Gasteiger partial charge in [-0.05, 0) is 31.0 Å². The second kappa shape index (κ2) is 7.61. The van der Waals surface area contributed by atoms with Gasteiger partial charge in [0.1, 0.15) is 24.0 Å². The Morgan fingerprint density at radius 3 is 2.67 bits per heavy atom. The lowest BCUT2D eigenvalue weighted by Gasteiger charge is -2.25. The molecule has 3 aromatic rings. The van der Waals surface area contributed by atoms with Crippen LogP contribution in [0.2, 0.25) is 0 Å². The van der Waals surface area contributed by atoms with Crippen LogP contribution in [0.5, 0.6) is 5.75 Å². The first-order valence-corrected chi connectivity index (χ1v) is 8.66. The van der Waals surface area contributed by atoms with E-state index in [2.05, 4.69) is 10.1 Å². The minimum atomic E-state index is -0.266. The zero-order valence-corrected chi connectivity index (χ0v) is 15.9. The lowest BCUT2D eigenvalue weighted by Crippen LogP contribution is -2.40. The summed E-state index contributed by atoms with van der Waals surface area (Å²) < 4.78 is 8.02. The summed E-state index contributed by atoms with van der Waals surface area (Å²) in [5.41, 5.74) is 1.35. The highest BCUT2D eigenvalue weighted by Crippen LogP contribution is 2.14. The summed E-state index contributed by atoms with van der Waals surface area (Å²) in [5.74, 6) is 0.650. The Morgan fingerprint density at radius 2 is 2.00 bits per heavy atom. The third-order valence-corrected chi connectivity index (χ3v) is 4.77. The fourth-order valence-corrected chi connectivity index (χ4v) is 2.92. The molecule has 0 spiro atoms. The molecule has 0 aliphatic heterocycles. The van der Waals surface area contributed by atoms with Crippen molar-refractivity contribution < 1.29 is 9.53 Å². The second-order valence-corrected chi connectivity index (χ2v) is 6.59. The number of rotatable bonds is 6. The first-order chi connectivity index (χ1) is 12.9. The fraction of sp³-hybridized carbons (Fsp3) is 0.368. The van der Waals surface area contributed by atoms with E-state index in [4.69, 9.17) is 4.74 Å². The van der Waals surface area contributed by atoms with E-state index in [1.165, 1.54) is 21.8 Å². The van der Waals surface area contributed by atoms with Gasteiger partial charge in [0.15, 0.2) is 5.65 Å². The van der Waals surface area contributed by atoms with Crippen LogP contribution in [0.4, 0.5) is 0 Å². The van der Waals surface area contributed by atoms with Gasteiger partial charge >= 0.3 is 0 Å². The van der Waals surface area contributed by atoms with Gasteiger partial charge in [-0.25, -0.2) is 4.98 Å². The minimum absolute atomic E-state index is 0.0170. The summed E-state index contributed by atoms with van der Waals surface area (Å²) in [6, 6.07) is 7.75. The lowest BCUT2D eigenvalue weighted by molar-refractivity contribution is -0.132. The average Bonchev–Trinajstić information content (AvgIpc) is 3.05. The number of likely N-dealkylation sites (N-methyl/N-ethyl adjacent to an activating group) is 1. The number of nitrogens with zero attached hydrogens (tertiary/aromatic N) is 5. The monoisotopic (exact) mass is 369 g/mol. The van der Waals surface area contributed by atoms with Crippen molar-refractivity contribution in [1.82, 2.24) is 24.2 Å². The van der Waals surface area contributed by atoms with E-state index >= 15 is 0 Å². The molecule has 8 nitrogen and oxygen atoms in total. The van der Waals surface area contributed by atoms with E-state index < -0.39 is 0 Å². The second-order valence-electron chi connectivity index (χ2n) is 6.59. The molecule has 3 rings (SSSR count). The van der Waals surface area contributed by atoms with Crippen molar-refractivity contribution in [3.63, 3.8) is 0 Å². The van der Waals surface area contributed by atoms with E-state index in [1.807, 2.05) is 31.2 Å². The predicted molar refractivity (Wildman–Crippen MR) is 102 cm³/mol. The number of aromatic nitrogens is 4. The van der Waals surface area contributed by atoms with E-state index in [1.54, 1.807) is 26.1 Å². The van der Waals surface area contributed by atoms with Gasteiger partial charge in [-0.15, -0.1) is 0 Å². The van der Waals surface area contributed by atoms with Crippen LogP contribution < -0.4 is 10.3 Å². The number of benzene rings is 1. The maximum atomic E-state index is 12.6. The molecule has 2 heterocycles. The van der Waals surface area contributed by atoms with E-state index in [-0.39, 0.29) is 24.1 Å². The van der Waals surface area contributed by atoms with Crippen LogP contribution in [0, 0.1) is 0 Å². The number of hydrogen-bond acceptors (Lipinski definition) is 5. The molecule has 0 saturated carbocycles. The van der Waals surface area contributed by atoms with Crippen LogP contribution in [-0.2, 0) is 24.8 Å². The van der Waals surface area contributed by atoms with Crippen LogP contribution in [0.3, 0.4) is 0 Å². The summed E-state index contributed by atoms with van der Waals surface area (Å²) >= 11 is 0. The van der Waals surface area contributed by atoms with Gasteiger partial charge in [0.05, 0.1) is 13.3 Å². The largest absolute Gasteiger partial charge is 0.497 e. The van der Waals surface area contributed by atoms with Crippen LogP contribution in [0.25, 0.3) is 11.0 Å². The third-order valence-electron chi connectivity index (χ3n) is 4.77. The van der Waals surface area contributed by atoms with Crippen LogP contribution in [0.15, 0.2) is 41.6 Å². The lowest BCUT2D eigenvalue weighted by atomic mass is 10.1. The molecule has 1 amide bonds. The topological polar surface area (TPSA) is 82.2 Å². The summed E-state index contributed by atoms with van der Waals surface area (Å²) in [6.45, 7) is 1.92. The van der Waals surface area contributed by atoms with Gasteiger partial charge in [-0.2, -0.15) is 5.10 Å². The highest BCUT2D eigenvalue weighted by molar-refractivity contribution is 5.77. The summed E-state index contributed by atoms with van der Waals surface area (Å²) in [6.07, 6.45) is 3.58. The van der Waals surface area contributed by atoms with Gasteiger partial charge in [-0.1, -0.05) is 12.1 Å². The first-order valence-electron chi connectivity index (χ1n) is 8.66.